The number of rotatable bonds is 6. The van der Waals surface area contributed by atoms with Crippen molar-refractivity contribution in [3.63, 3.8) is 0 Å². The molecule has 1 aliphatic heterocycles. The van der Waals surface area contributed by atoms with Crippen molar-refractivity contribution < 1.29 is 32.3 Å². The average Bonchev–Trinajstić information content (AvgIpc) is 2.74. The first-order valence-corrected chi connectivity index (χ1v) is 11.1. The van der Waals surface area contributed by atoms with Crippen LogP contribution >= 0.6 is 11.6 Å². The SMILES string of the molecule is O=C1[C@H](C[C@H]2C[C@@H](CO)C2)N(Cc2ccc(C(F)(F)F)cc2)C(=O)CN1c1ncc(Cl)cc1F. The lowest BCUT2D eigenvalue weighted by Crippen LogP contribution is -2.60. The summed E-state index contributed by atoms with van der Waals surface area (Å²) in [5, 5.41) is 9.34. The third-order valence-electron chi connectivity index (χ3n) is 6.37. The minimum Gasteiger partial charge on any atom is -0.396 e. The van der Waals surface area contributed by atoms with E-state index < -0.39 is 42.0 Å². The Balaban J connectivity index is 1.59. The molecule has 34 heavy (non-hydrogen) atoms. The van der Waals surface area contributed by atoms with Gasteiger partial charge >= 0.3 is 6.18 Å². The standard InChI is InChI=1S/C23H22ClF4N3O3/c24-17-8-18(25)21(29-9-17)31-11-20(33)30(10-13-1-3-16(4-2-13)23(26,27)28)19(22(31)34)7-14-5-15(6-14)12-32/h1-4,8-9,14-15,19,32H,5-7,10-12H2/t14-,15+,19-/m0/s1. The Kier molecular flexibility index (Phi) is 6.82. The minimum absolute atomic E-state index is 0.0370. The van der Waals surface area contributed by atoms with Crippen LogP contribution in [0.2, 0.25) is 5.02 Å². The summed E-state index contributed by atoms with van der Waals surface area (Å²) < 4.78 is 53.2. The molecule has 2 fully saturated rings. The third-order valence-corrected chi connectivity index (χ3v) is 6.57. The molecule has 182 valence electrons. The van der Waals surface area contributed by atoms with Gasteiger partial charge in [0.2, 0.25) is 5.91 Å². The molecule has 6 nitrogen and oxygen atoms in total. The van der Waals surface area contributed by atoms with E-state index in [1.807, 2.05) is 0 Å². The van der Waals surface area contributed by atoms with Crippen molar-refractivity contribution in [1.29, 1.82) is 0 Å². The van der Waals surface area contributed by atoms with E-state index in [0.717, 1.165) is 23.1 Å². The van der Waals surface area contributed by atoms with Crippen molar-refractivity contribution in [2.75, 3.05) is 18.1 Å². The molecular weight excluding hydrogens is 478 g/mol. The number of carbonyl (C=O) groups excluding carboxylic acids is 2. The van der Waals surface area contributed by atoms with Gasteiger partial charge in [-0.1, -0.05) is 23.7 Å². The molecule has 1 saturated carbocycles. The largest absolute Gasteiger partial charge is 0.416 e. The summed E-state index contributed by atoms with van der Waals surface area (Å²) in [4.78, 5) is 32.7. The van der Waals surface area contributed by atoms with E-state index in [0.29, 0.717) is 24.8 Å². The quantitative estimate of drug-likeness (QED) is 0.609. The lowest BCUT2D eigenvalue weighted by atomic mass is 9.72. The summed E-state index contributed by atoms with van der Waals surface area (Å²) in [5.41, 5.74) is -0.376. The molecule has 1 atom stereocenters. The number of aliphatic hydroxyl groups is 1. The lowest BCUT2D eigenvalue weighted by Gasteiger charge is -2.43. The Bertz CT molecular complexity index is 1070. The fourth-order valence-corrected chi connectivity index (χ4v) is 4.67. The molecule has 1 N–H and O–H groups in total. The van der Waals surface area contributed by atoms with Crippen LogP contribution in [0.5, 0.6) is 0 Å². The van der Waals surface area contributed by atoms with Gasteiger partial charge < -0.3 is 10.0 Å². The predicted molar refractivity (Wildman–Crippen MR) is 115 cm³/mol. The van der Waals surface area contributed by atoms with Gasteiger partial charge in [-0.3, -0.25) is 14.5 Å². The predicted octanol–water partition coefficient (Wildman–Crippen LogP) is 4.05. The van der Waals surface area contributed by atoms with E-state index >= 15 is 0 Å². The second-order valence-electron chi connectivity index (χ2n) is 8.74. The van der Waals surface area contributed by atoms with Gasteiger partial charge in [0.15, 0.2) is 11.6 Å². The van der Waals surface area contributed by atoms with Crippen LogP contribution in [0.25, 0.3) is 0 Å². The highest BCUT2D eigenvalue weighted by Gasteiger charge is 2.44. The molecule has 1 saturated heterocycles. The average molecular weight is 500 g/mol. The van der Waals surface area contributed by atoms with Crippen LogP contribution in [0.3, 0.4) is 0 Å². The van der Waals surface area contributed by atoms with Crippen molar-refractivity contribution in [3.05, 3.63) is 58.5 Å². The lowest BCUT2D eigenvalue weighted by molar-refractivity contribution is -0.145. The topological polar surface area (TPSA) is 73.7 Å². The number of benzene rings is 1. The van der Waals surface area contributed by atoms with E-state index in [4.69, 9.17) is 11.6 Å². The molecule has 0 radical (unpaired) electrons. The van der Waals surface area contributed by atoms with Gasteiger partial charge in [0.25, 0.3) is 5.91 Å². The van der Waals surface area contributed by atoms with Gasteiger partial charge in [-0.15, -0.1) is 0 Å². The maximum atomic E-state index is 14.5. The molecular formula is C23H22ClF4N3O3. The highest BCUT2D eigenvalue weighted by Crippen LogP contribution is 2.39. The van der Waals surface area contributed by atoms with Crippen LogP contribution < -0.4 is 4.90 Å². The highest BCUT2D eigenvalue weighted by atomic mass is 35.5. The first-order valence-electron chi connectivity index (χ1n) is 10.8. The number of anilines is 1. The first kappa shape index (κ1) is 24.4. The molecule has 2 heterocycles. The highest BCUT2D eigenvalue weighted by molar-refractivity contribution is 6.30. The number of nitrogens with zero attached hydrogens (tertiary/aromatic N) is 3. The van der Waals surface area contributed by atoms with Gasteiger partial charge in [-0.25, -0.2) is 9.37 Å². The van der Waals surface area contributed by atoms with Crippen molar-refractivity contribution >= 4 is 29.2 Å². The first-order chi connectivity index (χ1) is 16.1. The zero-order valence-corrected chi connectivity index (χ0v) is 18.7. The number of amides is 2. The van der Waals surface area contributed by atoms with Gasteiger partial charge in [0, 0.05) is 19.3 Å². The number of aromatic nitrogens is 1. The van der Waals surface area contributed by atoms with Crippen LogP contribution in [0.1, 0.15) is 30.4 Å². The summed E-state index contributed by atoms with van der Waals surface area (Å²) in [6.07, 6.45) is -1.62. The molecule has 0 spiro atoms. The van der Waals surface area contributed by atoms with E-state index in [1.54, 1.807) is 0 Å². The summed E-state index contributed by atoms with van der Waals surface area (Å²) in [5.74, 6) is -1.92. The van der Waals surface area contributed by atoms with Gasteiger partial charge in [-0.05, 0) is 54.9 Å². The number of piperazine rings is 1. The molecule has 2 aliphatic rings. The molecule has 0 unspecified atom stereocenters. The van der Waals surface area contributed by atoms with E-state index in [-0.39, 0.29) is 35.8 Å². The van der Waals surface area contributed by atoms with Gasteiger partial charge in [0.05, 0.1) is 10.6 Å². The smallest absolute Gasteiger partial charge is 0.396 e. The zero-order chi connectivity index (χ0) is 24.6. The molecule has 0 bridgehead atoms. The second kappa shape index (κ2) is 9.50. The van der Waals surface area contributed by atoms with E-state index in [9.17, 15) is 32.3 Å². The van der Waals surface area contributed by atoms with Gasteiger partial charge in [-0.2, -0.15) is 13.2 Å². The Hall–Kier alpha value is -2.72. The van der Waals surface area contributed by atoms with Crippen LogP contribution in [-0.2, 0) is 22.3 Å². The summed E-state index contributed by atoms with van der Waals surface area (Å²) in [7, 11) is 0. The van der Waals surface area contributed by atoms with Crippen molar-refractivity contribution in [2.24, 2.45) is 11.8 Å². The summed E-state index contributed by atoms with van der Waals surface area (Å²) in [6.45, 7) is -0.477. The molecule has 1 aromatic carbocycles. The zero-order valence-electron chi connectivity index (χ0n) is 17.9. The Morgan fingerprint density at radius 1 is 1.12 bits per heavy atom. The van der Waals surface area contributed by atoms with Crippen molar-refractivity contribution in [2.45, 2.75) is 38.0 Å². The monoisotopic (exact) mass is 499 g/mol. The van der Waals surface area contributed by atoms with Crippen molar-refractivity contribution in [3.8, 4) is 0 Å². The minimum atomic E-state index is -4.48. The number of pyridine rings is 1. The summed E-state index contributed by atoms with van der Waals surface area (Å²) in [6, 6.07) is 4.47. The molecule has 2 amide bonds. The number of hydrogen-bond donors (Lipinski definition) is 1. The van der Waals surface area contributed by atoms with Crippen molar-refractivity contribution in [1.82, 2.24) is 9.88 Å². The number of alkyl halides is 3. The Labute approximate surface area is 198 Å². The summed E-state index contributed by atoms with van der Waals surface area (Å²) >= 11 is 5.75. The molecule has 1 aliphatic carbocycles. The number of aliphatic hydroxyl groups excluding tert-OH is 1. The molecule has 11 heteroatoms. The maximum absolute atomic E-state index is 14.5. The van der Waals surface area contributed by atoms with Crippen LogP contribution in [0.4, 0.5) is 23.4 Å². The fourth-order valence-electron chi connectivity index (χ4n) is 4.53. The molecule has 2 aromatic rings. The van der Waals surface area contributed by atoms with Crippen LogP contribution in [0, 0.1) is 17.7 Å². The fraction of sp³-hybridized carbons (Fsp3) is 0.435. The maximum Gasteiger partial charge on any atom is 0.416 e. The molecule has 4 rings (SSSR count). The normalized spacial score (nSPS) is 23.3. The second-order valence-corrected chi connectivity index (χ2v) is 9.17. The van der Waals surface area contributed by atoms with Crippen LogP contribution in [0.15, 0.2) is 36.5 Å². The third kappa shape index (κ3) is 5.02. The number of carbonyl (C=O) groups is 2. The van der Waals surface area contributed by atoms with Gasteiger partial charge in [0.1, 0.15) is 12.6 Å². The Morgan fingerprint density at radius 3 is 2.38 bits per heavy atom. The molecule has 1 aromatic heterocycles. The Morgan fingerprint density at radius 2 is 1.79 bits per heavy atom. The van der Waals surface area contributed by atoms with E-state index in [2.05, 4.69) is 4.98 Å². The number of halogens is 5. The van der Waals surface area contributed by atoms with Crippen LogP contribution in [-0.4, -0.2) is 46.0 Å². The van der Waals surface area contributed by atoms with E-state index in [1.165, 1.54) is 23.2 Å². The number of hydrogen-bond acceptors (Lipinski definition) is 4.